The Morgan fingerprint density at radius 2 is 1.89 bits per heavy atom. The Kier molecular flexibility index (Phi) is 9.07. The molecule has 114 valence electrons. The van der Waals surface area contributed by atoms with Crippen molar-refractivity contribution in [2.45, 2.75) is 66.7 Å². The monoisotopic (exact) mass is 270 g/mol. The van der Waals surface area contributed by atoms with Crippen LogP contribution in [-0.4, -0.2) is 19.0 Å². The molecule has 0 rings (SSSR count). The van der Waals surface area contributed by atoms with Gasteiger partial charge in [0.05, 0.1) is 5.92 Å². The summed E-state index contributed by atoms with van der Waals surface area (Å²) in [6.45, 7) is 12.1. The number of nitrogens with two attached hydrogens (primary N) is 1. The van der Waals surface area contributed by atoms with Crippen LogP contribution in [0.3, 0.4) is 0 Å². The molecule has 0 aliphatic rings. The van der Waals surface area contributed by atoms with E-state index in [1.54, 1.807) is 0 Å². The van der Waals surface area contributed by atoms with Crippen LogP contribution < -0.4 is 11.1 Å². The smallest absolute Gasteiger partial charge is 0.224 e. The van der Waals surface area contributed by atoms with E-state index in [9.17, 15) is 4.79 Å². The number of hydrogen-bond donors (Lipinski definition) is 2. The van der Waals surface area contributed by atoms with Crippen molar-refractivity contribution in [3.05, 3.63) is 0 Å². The maximum Gasteiger partial charge on any atom is 0.224 e. The topological polar surface area (TPSA) is 55.1 Å². The first-order valence-electron chi connectivity index (χ1n) is 7.81. The Labute approximate surface area is 119 Å². The number of carbonyl (C=O) groups excluding carboxylic acids is 1. The van der Waals surface area contributed by atoms with Crippen molar-refractivity contribution in [2.24, 2.45) is 23.0 Å². The van der Waals surface area contributed by atoms with E-state index >= 15 is 0 Å². The molecule has 0 saturated carbocycles. The van der Waals surface area contributed by atoms with Gasteiger partial charge in [-0.3, -0.25) is 4.79 Å². The normalized spacial score (nSPS) is 15.1. The van der Waals surface area contributed by atoms with Gasteiger partial charge in [0, 0.05) is 13.1 Å². The first-order valence-corrected chi connectivity index (χ1v) is 7.81. The zero-order chi connectivity index (χ0) is 14.9. The number of nitrogens with one attached hydrogen (secondary N) is 1. The average Bonchev–Trinajstić information content (AvgIpc) is 2.34. The Morgan fingerprint density at radius 3 is 2.32 bits per heavy atom. The summed E-state index contributed by atoms with van der Waals surface area (Å²) in [5.41, 5.74) is 5.89. The minimum atomic E-state index is -0.0521. The number of unbranched alkanes of at least 4 members (excludes halogenated alkanes) is 1. The van der Waals surface area contributed by atoms with Crippen molar-refractivity contribution in [3.8, 4) is 0 Å². The first-order chi connectivity index (χ1) is 8.84. The molecule has 0 aliphatic heterocycles. The molecule has 3 N–H and O–H groups in total. The van der Waals surface area contributed by atoms with E-state index < -0.39 is 0 Å². The van der Waals surface area contributed by atoms with Gasteiger partial charge in [-0.1, -0.05) is 53.9 Å². The molecule has 0 aromatic heterocycles. The number of carbonyl (C=O) groups is 1. The van der Waals surface area contributed by atoms with Crippen molar-refractivity contribution in [3.63, 3.8) is 0 Å². The van der Waals surface area contributed by atoms with E-state index in [1.165, 1.54) is 19.3 Å². The summed E-state index contributed by atoms with van der Waals surface area (Å²) >= 11 is 0. The van der Waals surface area contributed by atoms with Gasteiger partial charge in [-0.2, -0.15) is 0 Å². The van der Waals surface area contributed by atoms with E-state index in [-0.39, 0.29) is 17.2 Å². The molecule has 3 heteroatoms. The molecular weight excluding hydrogens is 236 g/mol. The van der Waals surface area contributed by atoms with Crippen molar-refractivity contribution in [1.82, 2.24) is 5.32 Å². The third-order valence-corrected chi connectivity index (χ3v) is 3.62. The Bertz CT molecular complexity index is 246. The molecule has 0 aromatic carbocycles. The molecule has 0 bridgehead atoms. The standard InChI is InChI=1S/C16H34N2O/c1-6-8-9-13(7-2)12-18-15(19)14(11-17)10-16(3,4)5/h13-14H,6-12,17H2,1-5H3,(H,18,19). The molecule has 0 spiro atoms. The summed E-state index contributed by atoms with van der Waals surface area (Å²) < 4.78 is 0. The van der Waals surface area contributed by atoms with Crippen LogP contribution in [0.15, 0.2) is 0 Å². The lowest BCUT2D eigenvalue weighted by Crippen LogP contribution is -2.39. The summed E-state index contributed by atoms with van der Waals surface area (Å²) in [6, 6.07) is 0. The van der Waals surface area contributed by atoms with Crippen LogP contribution in [0.4, 0.5) is 0 Å². The van der Waals surface area contributed by atoms with E-state index in [1.807, 2.05) is 0 Å². The van der Waals surface area contributed by atoms with Gasteiger partial charge in [0.15, 0.2) is 0 Å². The highest BCUT2D eigenvalue weighted by Gasteiger charge is 2.23. The lowest BCUT2D eigenvalue weighted by Gasteiger charge is -2.25. The second-order valence-electron chi connectivity index (χ2n) is 6.86. The average molecular weight is 270 g/mol. The minimum absolute atomic E-state index is 0.0521. The van der Waals surface area contributed by atoms with Crippen LogP contribution in [0.25, 0.3) is 0 Å². The zero-order valence-corrected chi connectivity index (χ0v) is 13.6. The SMILES string of the molecule is CCCCC(CC)CNC(=O)C(CN)CC(C)(C)C. The molecule has 0 fully saturated rings. The van der Waals surface area contributed by atoms with Gasteiger partial charge < -0.3 is 11.1 Å². The highest BCUT2D eigenvalue weighted by Crippen LogP contribution is 2.24. The second-order valence-corrected chi connectivity index (χ2v) is 6.86. The third-order valence-electron chi connectivity index (χ3n) is 3.62. The van der Waals surface area contributed by atoms with Crippen LogP contribution in [-0.2, 0) is 4.79 Å². The van der Waals surface area contributed by atoms with Crippen molar-refractivity contribution in [1.29, 1.82) is 0 Å². The molecule has 19 heavy (non-hydrogen) atoms. The summed E-state index contributed by atoms with van der Waals surface area (Å²) in [5.74, 6) is 0.688. The van der Waals surface area contributed by atoms with Gasteiger partial charge in [0.25, 0.3) is 0 Å². The molecule has 1 amide bonds. The van der Waals surface area contributed by atoms with E-state index in [2.05, 4.69) is 39.9 Å². The molecule has 0 aliphatic carbocycles. The van der Waals surface area contributed by atoms with Crippen LogP contribution in [0, 0.1) is 17.3 Å². The lowest BCUT2D eigenvalue weighted by atomic mass is 9.84. The number of hydrogen-bond acceptors (Lipinski definition) is 2. The molecular formula is C16H34N2O. The lowest BCUT2D eigenvalue weighted by molar-refractivity contribution is -0.125. The van der Waals surface area contributed by atoms with E-state index in [0.717, 1.165) is 19.4 Å². The quantitative estimate of drug-likeness (QED) is 0.675. The maximum atomic E-state index is 12.2. The highest BCUT2D eigenvalue weighted by molar-refractivity contribution is 5.78. The maximum absolute atomic E-state index is 12.2. The largest absolute Gasteiger partial charge is 0.356 e. The number of rotatable bonds is 9. The molecule has 2 unspecified atom stereocenters. The summed E-state index contributed by atoms with van der Waals surface area (Å²) in [5, 5.41) is 3.10. The molecule has 3 nitrogen and oxygen atoms in total. The van der Waals surface area contributed by atoms with Gasteiger partial charge >= 0.3 is 0 Å². The first kappa shape index (κ1) is 18.4. The van der Waals surface area contributed by atoms with Crippen molar-refractivity contribution >= 4 is 5.91 Å². The van der Waals surface area contributed by atoms with Crippen LogP contribution in [0.1, 0.15) is 66.7 Å². The Hall–Kier alpha value is -0.570. The molecule has 0 radical (unpaired) electrons. The minimum Gasteiger partial charge on any atom is -0.356 e. The summed E-state index contributed by atoms with van der Waals surface area (Å²) in [7, 11) is 0. The van der Waals surface area contributed by atoms with Gasteiger partial charge in [0.1, 0.15) is 0 Å². The summed E-state index contributed by atoms with van der Waals surface area (Å²) in [4.78, 5) is 12.2. The molecule has 2 atom stereocenters. The van der Waals surface area contributed by atoms with Crippen molar-refractivity contribution in [2.75, 3.05) is 13.1 Å². The zero-order valence-electron chi connectivity index (χ0n) is 13.6. The Morgan fingerprint density at radius 1 is 1.26 bits per heavy atom. The van der Waals surface area contributed by atoms with Gasteiger partial charge in [-0.25, -0.2) is 0 Å². The third kappa shape index (κ3) is 9.04. The predicted octanol–water partition coefficient (Wildman–Crippen LogP) is 3.33. The van der Waals surface area contributed by atoms with E-state index in [4.69, 9.17) is 5.73 Å². The predicted molar refractivity (Wildman–Crippen MR) is 82.9 cm³/mol. The van der Waals surface area contributed by atoms with Crippen molar-refractivity contribution < 1.29 is 4.79 Å². The Balaban J connectivity index is 4.18. The van der Waals surface area contributed by atoms with Gasteiger partial charge in [-0.05, 0) is 24.2 Å². The van der Waals surface area contributed by atoms with Crippen LogP contribution in [0.5, 0.6) is 0 Å². The fourth-order valence-corrected chi connectivity index (χ4v) is 2.35. The van der Waals surface area contributed by atoms with Crippen LogP contribution in [0.2, 0.25) is 0 Å². The van der Waals surface area contributed by atoms with Gasteiger partial charge in [-0.15, -0.1) is 0 Å². The second kappa shape index (κ2) is 9.35. The van der Waals surface area contributed by atoms with Crippen LogP contribution >= 0.6 is 0 Å². The molecule has 0 heterocycles. The number of amides is 1. The molecule has 0 aromatic rings. The molecule has 0 saturated heterocycles. The van der Waals surface area contributed by atoms with Gasteiger partial charge in [0.2, 0.25) is 5.91 Å². The highest BCUT2D eigenvalue weighted by atomic mass is 16.1. The van der Waals surface area contributed by atoms with E-state index in [0.29, 0.717) is 12.5 Å². The summed E-state index contributed by atoms with van der Waals surface area (Å²) in [6.07, 6.45) is 5.66. The fraction of sp³-hybridized carbons (Fsp3) is 0.938. The fourth-order valence-electron chi connectivity index (χ4n) is 2.35.